The van der Waals surface area contributed by atoms with E-state index in [-0.39, 0.29) is 0 Å². The van der Waals surface area contributed by atoms with E-state index in [1.165, 1.54) is 11.1 Å². The fourth-order valence-electron chi connectivity index (χ4n) is 2.20. The van der Waals surface area contributed by atoms with Crippen LogP contribution < -0.4 is 5.32 Å². The first-order valence-corrected chi connectivity index (χ1v) is 6.86. The van der Waals surface area contributed by atoms with Crippen LogP contribution >= 0.6 is 0 Å². The number of hydrogen-bond acceptors (Lipinski definition) is 4. The van der Waals surface area contributed by atoms with E-state index in [1.54, 1.807) is 11.0 Å². The van der Waals surface area contributed by atoms with E-state index in [1.807, 2.05) is 19.1 Å². The molecule has 21 heavy (non-hydrogen) atoms. The van der Waals surface area contributed by atoms with Gasteiger partial charge in [-0.1, -0.05) is 29.8 Å². The van der Waals surface area contributed by atoms with Crippen LogP contribution in [0.15, 0.2) is 48.8 Å². The van der Waals surface area contributed by atoms with Crippen molar-refractivity contribution in [2.75, 3.05) is 5.32 Å². The third kappa shape index (κ3) is 3.08. The monoisotopic (exact) mass is 279 g/mol. The molecule has 0 aliphatic carbocycles. The highest BCUT2D eigenvalue weighted by Gasteiger charge is 2.03. The van der Waals surface area contributed by atoms with Crippen molar-refractivity contribution >= 4 is 5.69 Å². The first-order chi connectivity index (χ1) is 10.2. The van der Waals surface area contributed by atoms with Crippen molar-refractivity contribution in [3.8, 4) is 5.69 Å². The van der Waals surface area contributed by atoms with Crippen LogP contribution in [0.4, 0.5) is 5.69 Å². The number of rotatable bonds is 4. The molecule has 1 aromatic heterocycles. The summed E-state index contributed by atoms with van der Waals surface area (Å²) in [6.07, 6.45) is 1.60. The predicted octanol–water partition coefficient (Wildman–Crippen LogP) is 2.89. The molecule has 0 saturated carbocycles. The topological polar surface area (TPSA) is 55.6 Å². The largest absolute Gasteiger partial charge is 0.381 e. The van der Waals surface area contributed by atoms with Gasteiger partial charge in [-0.25, -0.2) is 4.68 Å². The number of anilines is 1. The minimum atomic E-state index is 0.809. The smallest absolute Gasteiger partial charge is 0.143 e. The molecule has 0 spiro atoms. The third-order valence-corrected chi connectivity index (χ3v) is 3.41. The van der Waals surface area contributed by atoms with Crippen LogP contribution in [0.2, 0.25) is 0 Å². The third-order valence-electron chi connectivity index (χ3n) is 3.41. The Morgan fingerprint density at radius 1 is 1.05 bits per heavy atom. The number of nitrogens with one attached hydrogen (secondary N) is 1. The molecule has 0 unspecified atom stereocenters. The first kappa shape index (κ1) is 13.3. The number of aromatic nitrogens is 4. The van der Waals surface area contributed by atoms with Gasteiger partial charge in [0.15, 0.2) is 0 Å². The van der Waals surface area contributed by atoms with Crippen molar-refractivity contribution in [2.45, 2.75) is 20.4 Å². The Labute approximate surface area is 123 Å². The molecule has 2 aromatic carbocycles. The Morgan fingerprint density at radius 2 is 1.86 bits per heavy atom. The van der Waals surface area contributed by atoms with E-state index in [2.05, 4.69) is 58.1 Å². The highest BCUT2D eigenvalue weighted by molar-refractivity contribution is 5.53. The maximum absolute atomic E-state index is 3.91. The van der Waals surface area contributed by atoms with Gasteiger partial charge in [0, 0.05) is 12.2 Å². The van der Waals surface area contributed by atoms with E-state index >= 15 is 0 Å². The lowest BCUT2D eigenvalue weighted by molar-refractivity contribution is 0.785. The molecule has 0 atom stereocenters. The van der Waals surface area contributed by atoms with Gasteiger partial charge in [-0.3, -0.25) is 0 Å². The van der Waals surface area contributed by atoms with Crippen LogP contribution in [0.1, 0.15) is 16.7 Å². The lowest BCUT2D eigenvalue weighted by atomic mass is 10.1. The summed E-state index contributed by atoms with van der Waals surface area (Å²) in [5.41, 5.74) is 5.74. The van der Waals surface area contributed by atoms with Crippen molar-refractivity contribution in [3.63, 3.8) is 0 Å². The second-order valence-corrected chi connectivity index (χ2v) is 5.09. The SMILES string of the molecule is Cc1ccc(CNc2ccc(-n3cnnn3)c(C)c2)cc1. The molecule has 0 aliphatic heterocycles. The van der Waals surface area contributed by atoms with E-state index in [0.717, 1.165) is 23.5 Å². The number of benzene rings is 2. The van der Waals surface area contributed by atoms with Crippen LogP contribution in [-0.4, -0.2) is 20.2 Å². The molecular weight excluding hydrogens is 262 g/mol. The molecule has 0 amide bonds. The molecular formula is C16H17N5. The molecule has 0 bridgehead atoms. The first-order valence-electron chi connectivity index (χ1n) is 6.86. The molecule has 0 radical (unpaired) electrons. The summed E-state index contributed by atoms with van der Waals surface area (Å²) < 4.78 is 1.67. The van der Waals surface area contributed by atoms with Crippen LogP contribution in [-0.2, 0) is 6.54 Å². The maximum atomic E-state index is 3.91. The van der Waals surface area contributed by atoms with Crippen molar-refractivity contribution in [1.29, 1.82) is 0 Å². The number of tetrazole rings is 1. The molecule has 106 valence electrons. The Morgan fingerprint density at radius 3 is 2.52 bits per heavy atom. The van der Waals surface area contributed by atoms with Gasteiger partial charge in [0.2, 0.25) is 0 Å². The van der Waals surface area contributed by atoms with Gasteiger partial charge >= 0.3 is 0 Å². The molecule has 0 saturated heterocycles. The summed E-state index contributed by atoms with van der Waals surface area (Å²) in [6.45, 7) is 4.95. The van der Waals surface area contributed by atoms with Gasteiger partial charge in [-0.2, -0.15) is 0 Å². The van der Waals surface area contributed by atoms with Gasteiger partial charge < -0.3 is 5.32 Å². The summed E-state index contributed by atoms with van der Waals surface area (Å²) in [7, 11) is 0. The molecule has 0 aliphatic rings. The summed E-state index contributed by atoms with van der Waals surface area (Å²) >= 11 is 0. The average molecular weight is 279 g/mol. The molecule has 1 N–H and O–H groups in total. The molecule has 0 fully saturated rings. The second-order valence-electron chi connectivity index (χ2n) is 5.09. The number of hydrogen-bond donors (Lipinski definition) is 1. The fraction of sp³-hybridized carbons (Fsp3) is 0.188. The summed E-state index contributed by atoms with van der Waals surface area (Å²) in [6, 6.07) is 14.7. The van der Waals surface area contributed by atoms with E-state index < -0.39 is 0 Å². The average Bonchev–Trinajstić information content (AvgIpc) is 3.01. The van der Waals surface area contributed by atoms with E-state index in [0.29, 0.717) is 0 Å². The van der Waals surface area contributed by atoms with Gasteiger partial charge in [-0.05, 0) is 53.6 Å². The van der Waals surface area contributed by atoms with Gasteiger partial charge in [0.25, 0.3) is 0 Å². The molecule has 3 rings (SSSR count). The lowest BCUT2D eigenvalue weighted by Gasteiger charge is -2.10. The highest BCUT2D eigenvalue weighted by atomic mass is 15.5. The molecule has 5 nitrogen and oxygen atoms in total. The quantitative estimate of drug-likeness (QED) is 0.798. The normalized spacial score (nSPS) is 10.6. The van der Waals surface area contributed by atoms with Crippen molar-refractivity contribution in [1.82, 2.24) is 20.2 Å². The molecule has 5 heteroatoms. The van der Waals surface area contributed by atoms with Crippen molar-refractivity contribution < 1.29 is 0 Å². The zero-order chi connectivity index (χ0) is 14.7. The Balaban J connectivity index is 1.72. The van der Waals surface area contributed by atoms with Crippen LogP contribution in [0.25, 0.3) is 5.69 Å². The minimum Gasteiger partial charge on any atom is -0.381 e. The van der Waals surface area contributed by atoms with Crippen molar-refractivity contribution in [2.24, 2.45) is 0 Å². The zero-order valence-electron chi connectivity index (χ0n) is 12.1. The number of nitrogens with zero attached hydrogens (tertiary/aromatic N) is 4. The van der Waals surface area contributed by atoms with E-state index in [4.69, 9.17) is 0 Å². The van der Waals surface area contributed by atoms with Gasteiger partial charge in [0.1, 0.15) is 6.33 Å². The Kier molecular flexibility index (Phi) is 3.64. The predicted molar refractivity (Wildman–Crippen MR) is 82.4 cm³/mol. The molecule has 1 heterocycles. The summed E-state index contributed by atoms with van der Waals surface area (Å²) in [5, 5.41) is 14.7. The van der Waals surface area contributed by atoms with E-state index in [9.17, 15) is 0 Å². The standard InChI is InChI=1S/C16H17N5/c1-12-3-5-14(6-4-12)10-17-15-7-8-16(13(2)9-15)21-11-18-19-20-21/h3-9,11,17H,10H2,1-2H3. The summed E-state index contributed by atoms with van der Waals surface area (Å²) in [5.74, 6) is 0. The highest BCUT2D eigenvalue weighted by Crippen LogP contribution is 2.18. The maximum Gasteiger partial charge on any atom is 0.143 e. The Bertz CT molecular complexity index is 717. The minimum absolute atomic E-state index is 0.809. The van der Waals surface area contributed by atoms with Crippen molar-refractivity contribution in [3.05, 3.63) is 65.5 Å². The second kappa shape index (κ2) is 5.75. The Hall–Kier alpha value is -2.69. The van der Waals surface area contributed by atoms with Crippen LogP contribution in [0.5, 0.6) is 0 Å². The fourth-order valence-corrected chi connectivity index (χ4v) is 2.20. The number of aryl methyl sites for hydroxylation is 2. The zero-order valence-corrected chi connectivity index (χ0v) is 12.1. The van der Waals surface area contributed by atoms with Gasteiger partial charge in [-0.15, -0.1) is 5.10 Å². The van der Waals surface area contributed by atoms with Crippen LogP contribution in [0.3, 0.4) is 0 Å². The summed E-state index contributed by atoms with van der Waals surface area (Å²) in [4.78, 5) is 0. The molecule has 3 aromatic rings. The lowest BCUT2D eigenvalue weighted by Crippen LogP contribution is -2.02. The van der Waals surface area contributed by atoms with Gasteiger partial charge in [0.05, 0.1) is 5.69 Å². The van der Waals surface area contributed by atoms with Crippen LogP contribution in [0, 0.1) is 13.8 Å².